The Kier molecular flexibility index (Phi) is 27.6. The fourth-order valence-corrected chi connectivity index (χ4v) is 14.0. The molecule has 6 atom stereocenters. The van der Waals surface area contributed by atoms with Crippen LogP contribution in [0.25, 0.3) is 33.8 Å². The van der Waals surface area contributed by atoms with E-state index < -0.39 is 0 Å². The number of fused-ring (bicyclic) bond motifs is 3. The molecule has 12 heterocycles. The number of hydrogen-bond donors (Lipinski definition) is 6. The van der Waals surface area contributed by atoms with E-state index in [1.54, 1.807) is 57.7 Å². The second-order valence-corrected chi connectivity index (χ2v) is 27.1. The zero-order valence-corrected chi connectivity index (χ0v) is 63.6. The maximum absolute atomic E-state index is 14.4. The molecule has 111 heavy (non-hydrogen) atoms. The van der Waals surface area contributed by atoms with Crippen molar-refractivity contribution in [3.63, 3.8) is 0 Å². The van der Waals surface area contributed by atoms with Crippen LogP contribution >= 0.6 is 12.1 Å². The molecule has 2 unspecified atom stereocenters. The maximum Gasteiger partial charge on any atom is 0.220 e. The highest BCUT2D eigenvalue weighted by Gasteiger charge is 2.34. The summed E-state index contributed by atoms with van der Waals surface area (Å²) in [4.78, 5) is 72.4. The molecule has 0 saturated carbocycles. The summed E-state index contributed by atoms with van der Waals surface area (Å²) in [5.41, 5.74) is 39.6. The first kappa shape index (κ1) is 79.9. The van der Waals surface area contributed by atoms with Gasteiger partial charge in [-0.05, 0) is 150 Å². The molecule has 9 aromatic rings. The van der Waals surface area contributed by atoms with E-state index >= 15 is 0 Å². The SMILES string of the molecule is COc1cccc(-c2cc(F)ccc2[C@H]2Cc3nc(N)nc(C)c3C(NOCC3CCCCO3)=N2)n1.COc1cccc(-c2cc(F)ccc2[C@H]2Cc3nc(N)nc(C)c3C(NOCC3CCCCO3)=N2)n1.COc1cccc(-c2cc(F)ccc2[C@H]2Cc3nc(N)nc(C)c3C(NOC[C@H]3CCCCO3)=N2)n1.CSF. The smallest absolute Gasteiger partial charge is 0.220 e. The Bertz CT molecular complexity index is 4340. The number of hydroxylamine groups is 3. The number of rotatable bonds is 18. The first-order chi connectivity index (χ1) is 54.0. The van der Waals surface area contributed by atoms with E-state index in [9.17, 15) is 17.1 Å². The van der Waals surface area contributed by atoms with Crippen LogP contribution in [0.4, 0.5) is 34.9 Å². The van der Waals surface area contributed by atoms with Crippen LogP contribution in [-0.2, 0) is 48.0 Å². The number of ether oxygens (including phenoxy) is 6. The first-order valence-electron chi connectivity index (χ1n) is 36.7. The zero-order valence-electron chi connectivity index (χ0n) is 62.8. The Morgan fingerprint density at radius 2 is 0.703 bits per heavy atom. The Morgan fingerprint density at radius 3 is 0.964 bits per heavy atom. The number of amidine groups is 3. The van der Waals surface area contributed by atoms with Crippen molar-refractivity contribution < 1.29 is 60.0 Å². The average molecular weight is 1540 g/mol. The third-order valence-corrected chi connectivity index (χ3v) is 19.2. The fraction of sp³-hybridized carbons (Fsp3) is 0.392. The molecule has 15 rings (SSSR count). The predicted octanol–water partition coefficient (Wildman–Crippen LogP) is 12.4. The lowest BCUT2D eigenvalue weighted by atomic mass is 9.91. The van der Waals surface area contributed by atoms with Crippen molar-refractivity contribution >= 4 is 47.5 Å². The second-order valence-electron chi connectivity index (χ2n) is 26.8. The number of aryl methyl sites for hydroxylation is 3. The molecule has 0 amide bonds. The fourth-order valence-electron chi connectivity index (χ4n) is 14.0. The quantitative estimate of drug-likeness (QED) is 0.0343. The van der Waals surface area contributed by atoms with Crippen LogP contribution in [0.1, 0.15) is 143 Å². The molecule has 0 aliphatic carbocycles. The number of nitrogens with two attached hydrogens (primary N) is 3. The zero-order chi connectivity index (χ0) is 77.9. The van der Waals surface area contributed by atoms with Crippen LogP contribution in [0.15, 0.2) is 124 Å². The Morgan fingerprint density at radius 1 is 0.414 bits per heavy atom. The lowest BCUT2D eigenvalue weighted by Crippen LogP contribution is -2.35. The molecule has 3 aromatic carbocycles. The van der Waals surface area contributed by atoms with E-state index in [4.69, 9.17) is 75.1 Å². The van der Waals surface area contributed by atoms with Gasteiger partial charge in [-0.25, -0.2) is 74.5 Å². The summed E-state index contributed by atoms with van der Waals surface area (Å²) < 4.78 is 86.4. The van der Waals surface area contributed by atoms with E-state index in [0.29, 0.717) is 125 Å². The van der Waals surface area contributed by atoms with Gasteiger partial charge in [0.25, 0.3) is 0 Å². The summed E-state index contributed by atoms with van der Waals surface area (Å²) in [5.74, 6) is 2.31. The number of halogens is 4. The molecule has 9 N–H and O–H groups in total. The molecular weight excluding hydrogens is 1450 g/mol. The van der Waals surface area contributed by atoms with Crippen molar-refractivity contribution in [1.29, 1.82) is 0 Å². The second kappa shape index (κ2) is 38.4. The predicted molar refractivity (Wildman–Crippen MR) is 414 cm³/mol. The van der Waals surface area contributed by atoms with Crippen LogP contribution in [0, 0.1) is 38.2 Å². The van der Waals surface area contributed by atoms with Crippen molar-refractivity contribution in [2.45, 2.75) is 134 Å². The standard InChI is InChI=1S/3C26H29FN6O3.CH3FS/c3*1-15-24-22(32-26(28)29-15)13-21(31-25(24)33-36-14-17-6-3-4-11-35-17)18-10-9-16(27)12-19(18)20-7-5-8-23(30-20)34-2;1-3-2/h3*5,7-10,12,17,21H,3-4,6,11,13-14H2,1-2H3,(H,31,33)(H2,28,29,32);1H3/t2*17?,21-;17-,21-;/m111./s1. The summed E-state index contributed by atoms with van der Waals surface area (Å²) in [6.45, 7) is 9.01. The third kappa shape index (κ3) is 20.5. The van der Waals surface area contributed by atoms with Crippen molar-refractivity contribution in [3.8, 4) is 51.4 Å². The van der Waals surface area contributed by atoms with Crippen molar-refractivity contribution in [2.75, 3.05) is 84.4 Å². The molecule has 27 nitrogen and oxygen atoms in total. The minimum absolute atomic E-state index is 0.0392. The molecule has 6 aliphatic rings. The number of aliphatic imine (C=N–C) groups is 3. The summed E-state index contributed by atoms with van der Waals surface area (Å²) in [7, 11) is 4.64. The molecular formula is C79H90F4N18O9S. The van der Waals surface area contributed by atoms with E-state index in [-0.39, 0.29) is 83.9 Å². The van der Waals surface area contributed by atoms with Crippen LogP contribution < -0.4 is 47.9 Å². The summed E-state index contributed by atoms with van der Waals surface area (Å²) in [6, 6.07) is 28.9. The number of hydrogen-bond acceptors (Lipinski definition) is 28. The van der Waals surface area contributed by atoms with Gasteiger partial charge in [-0.1, -0.05) is 36.4 Å². The van der Waals surface area contributed by atoms with Gasteiger partial charge in [0.15, 0.2) is 17.5 Å². The highest BCUT2D eigenvalue weighted by Crippen LogP contribution is 2.41. The number of nitrogen functional groups attached to an aromatic ring is 3. The normalized spacial score (nSPS) is 19.0. The molecule has 0 bridgehead atoms. The monoisotopic (exact) mass is 1540 g/mol. The highest BCUT2D eigenvalue weighted by molar-refractivity contribution is 7.93. The van der Waals surface area contributed by atoms with Gasteiger partial charge in [0.1, 0.15) is 37.3 Å². The van der Waals surface area contributed by atoms with Gasteiger partial charge in [0.2, 0.25) is 35.5 Å². The molecule has 3 saturated heterocycles. The van der Waals surface area contributed by atoms with Crippen molar-refractivity contribution in [3.05, 3.63) is 194 Å². The van der Waals surface area contributed by atoms with Gasteiger partial charge in [-0.2, -0.15) is 3.89 Å². The van der Waals surface area contributed by atoms with Gasteiger partial charge >= 0.3 is 0 Å². The largest absolute Gasteiger partial charge is 0.481 e. The van der Waals surface area contributed by atoms with E-state index in [0.717, 1.165) is 128 Å². The third-order valence-electron chi connectivity index (χ3n) is 19.2. The number of benzene rings is 3. The molecule has 32 heteroatoms. The average Bonchev–Trinajstić information content (AvgIpc) is 0.777. The molecule has 0 radical (unpaired) electrons. The maximum atomic E-state index is 14.4. The number of methoxy groups -OCH3 is 3. The number of pyridine rings is 3. The summed E-state index contributed by atoms with van der Waals surface area (Å²) >= 11 is 0.250. The van der Waals surface area contributed by atoms with Crippen molar-refractivity contribution in [1.82, 2.24) is 61.3 Å². The van der Waals surface area contributed by atoms with Gasteiger partial charge < -0.3 is 45.6 Å². The number of aromatic nitrogens is 9. The lowest BCUT2D eigenvalue weighted by Gasteiger charge is -2.27. The molecule has 3 fully saturated rings. The van der Waals surface area contributed by atoms with Gasteiger partial charge in [0.05, 0.1) is 126 Å². The van der Waals surface area contributed by atoms with Crippen LogP contribution in [-0.4, -0.2) is 148 Å². The van der Waals surface area contributed by atoms with E-state index in [1.165, 1.54) is 42.7 Å². The Hall–Kier alpha value is -10.6. The molecule has 0 spiro atoms. The molecule has 584 valence electrons. The number of nitrogens with one attached hydrogen (secondary N) is 3. The van der Waals surface area contributed by atoms with Crippen molar-refractivity contribution in [2.24, 2.45) is 15.0 Å². The minimum atomic E-state index is -0.383. The van der Waals surface area contributed by atoms with Crippen LogP contribution in [0.5, 0.6) is 17.6 Å². The van der Waals surface area contributed by atoms with Gasteiger partial charge in [0, 0.05) is 92.4 Å². The lowest BCUT2D eigenvalue weighted by molar-refractivity contribution is -0.0553. The van der Waals surface area contributed by atoms with Crippen LogP contribution in [0.2, 0.25) is 0 Å². The van der Waals surface area contributed by atoms with E-state index in [2.05, 4.69) is 61.3 Å². The van der Waals surface area contributed by atoms with Gasteiger partial charge in [-0.15, -0.1) is 0 Å². The van der Waals surface area contributed by atoms with E-state index in [1.807, 2.05) is 57.2 Å². The highest BCUT2D eigenvalue weighted by atomic mass is 32.2. The Balaban J connectivity index is 0.000000152. The van der Waals surface area contributed by atoms with Crippen LogP contribution in [0.3, 0.4) is 0 Å². The molecule has 6 aliphatic heterocycles. The number of anilines is 3. The Labute approximate surface area is 645 Å². The summed E-state index contributed by atoms with van der Waals surface area (Å²) in [5, 5.41) is 0. The minimum Gasteiger partial charge on any atom is -0.481 e. The topological polar surface area (TPSA) is 350 Å². The number of nitrogens with zero attached hydrogens (tertiary/aromatic N) is 12. The summed E-state index contributed by atoms with van der Waals surface area (Å²) in [6.07, 6.45) is 12.3. The van der Waals surface area contributed by atoms with Gasteiger partial charge in [-0.3, -0.25) is 29.5 Å². The first-order valence-corrected chi connectivity index (χ1v) is 37.8. The molecule has 6 aromatic heterocycles.